The Morgan fingerprint density at radius 2 is 2.00 bits per heavy atom. The highest BCUT2D eigenvalue weighted by atomic mass is 32.1. The summed E-state index contributed by atoms with van der Waals surface area (Å²) in [6.45, 7) is 4.82. The number of piperidine rings is 1. The first-order valence-electron chi connectivity index (χ1n) is 9.02. The third-order valence-electron chi connectivity index (χ3n) is 5.27. The standard InChI is InChI=1S/C20H21N3O3S/c1-12-11-22(9-8-15(12)20(25)26)18(24)17-10-16-13(2)21-23(19(16)27-17)14-6-4-3-5-7-14/h3-7,10,12,15H,8-9,11H2,1-2H3,(H,25,26). The zero-order valence-electron chi connectivity index (χ0n) is 15.3. The lowest BCUT2D eigenvalue weighted by molar-refractivity contribution is -0.145. The van der Waals surface area contributed by atoms with Crippen LogP contribution in [0.15, 0.2) is 36.4 Å². The van der Waals surface area contributed by atoms with Crippen LogP contribution in [0.5, 0.6) is 0 Å². The van der Waals surface area contributed by atoms with Crippen LogP contribution >= 0.6 is 11.3 Å². The predicted octanol–water partition coefficient (Wildman–Crippen LogP) is 3.58. The van der Waals surface area contributed by atoms with Crippen LogP contribution in [0.2, 0.25) is 0 Å². The highest BCUT2D eigenvalue weighted by molar-refractivity contribution is 7.20. The second kappa shape index (κ2) is 6.81. The lowest BCUT2D eigenvalue weighted by Crippen LogP contribution is -2.44. The van der Waals surface area contributed by atoms with Crippen molar-refractivity contribution in [2.45, 2.75) is 20.3 Å². The minimum absolute atomic E-state index is 0.0223. The molecule has 27 heavy (non-hydrogen) atoms. The van der Waals surface area contributed by atoms with Gasteiger partial charge in [-0.25, -0.2) is 4.68 Å². The number of hydrogen-bond donors (Lipinski definition) is 1. The van der Waals surface area contributed by atoms with Crippen molar-refractivity contribution < 1.29 is 14.7 Å². The summed E-state index contributed by atoms with van der Waals surface area (Å²) in [4.78, 5) is 27.7. The van der Waals surface area contributed by atoms with Crippen LogP contribution in [-0.2, 0) is 4.79 Å². The quantitative estimate of drug-likeness (QED) is 0.750. The van der Waals surface area contributed by atoms with E-state index in [1.807, 2.05) is 54.9 Å². The van der Waals surface area contributed by atoms with E-state index in [4.69, 9.17) is 0 Å². The van der Waals surface area contributed by atoms with Gasteiger partial charge in [0.25, 0.3) is 5.91 Å². The molecular formula is C20H21N3O3S. The first-order chi connectivity index (χ1) is 13.0. The van der Waals surface area contributed by atoms with Crippen LogP contribution in [-0.4, -0.2) is 44.8 Å². The second-order valence-corrected chi connectivity index (χ2v) is 8.15. The van der Waals surface area contributed by atoms with E-state index in [-0.39, 0.29) is 17.7 Å². The normalized spacial score (nSPS) is 20.1. The number of likely N-dealkylation sites (tertiary alicyclic amines) is 1. The number of amides is 1. The summed E-state index contributed by atoms with van der Waals surface area (Å²) in [5.74, 6) is -1.21. The lowest BCUT2D eigenvalue weighted by Gasteiger charge is -2.34. The summed E-state index contributed by atoms with van der Waals surface area (Å²) in [6, 6.07) is 11.8. The SMILES string of the molecule is Cc1nn(-c2ccccc2)c2sc(C(=O)N3CCC(C(=O)O)C(C)C3)cc12. The first kappa shape index (κ1) is 17.7. The highest BCUT2D eigenvalue weighted by Crippen LogP contribution is 2.32. The molecule has 2 aromatic heterocycles. The van der Waals surface area contributed by atoms with Crippen molar-refractivity contribution in [2.24, 2.45) is 11.8 Å². The Bertz CT molecular complexity index is 1010. The van der Waals surface area contributed by atoms with Crippen molar-refractivity contribution in [3.8, 4) is 5.69 Å². The molecule has 4 rings (SSSR count). The zero-order valence-corrected chi connectivity index (χ0v) is 16.1. The van der Waals surface area contributed by atoms with E-state index in [1.54, 1.807) is 4.90 Å². The van der Waals surface area contributed by atoms with Gasteiger partial charge in [-0.3, -0.25) is 9.59 Å². The molecule has 1 fully saturated rings. The second-order valence-electron chi connectivity index (χ2n) is 7.12. The van der Waals surface area contributed by atoms with Gasteiger partial charge in [-0.1, -0.05) is 25.1 Å². The molecule has 0 bridgehead atoms. The van der Waals surface area contributed by atoms with Crippen LogP contribution < -0.4 is 0 Å². The van der Waals surface area contributed by atoms with E-state index in [9.17, 15) is 14.7 Å². The van der Waals surface area contributed by atoms with Crippen LogP contribution in [0.1, 0.15) is 28.7 Å². The molecular weight excluding hydrogens is 362 g/mol. The number of aromatic nitrogens is 2. The molecule has 3 aromatic rings. The fraction of sp³-hybridized carbons (Fsp3) is 0.350. The number of rotatable bonds is 3. The average Bonchev–Trinajstić information content (AvgIpc) is 3.22. The van der Waals surface area contributed by atoms with Gasteiger partial charge < -0.3 is 10.0 Å². The fourth-order valence-corrected chi connectivity index (χ4v) is 4.90. The maximum Gasteiger partial charge on any atom is 0.306 e. The summed E-state index contributed by atoms with van der Waals surface area (Å²) in [5, 5.41) is 14.9. The smallest absolute Gasteiger partial charge is 0.306 e. The molecule has 1 aliphatic heterocycles. The molecule has 1 aromatic carbocycles. The largest absolute Gasteiger partial charge is 0.481 e. The Kier molecular flexibility index (Phi) is 4.47. The number of nitrogens with zero attached hydrogens (tertiary/aromatic N) is 3. The number of benzene rings is 1. The van der Waals surface area contributed by atoms with E-state index >= 15 is 0 Å². The molecule has 0 spiro atoms. The molecule has 7 heteroatoms. The van der Waals surface area contributed by atoms with Gasteiger partial charge in [-0.2, -0.15) is 5.10 Å². The molecule has 1 saturated heterocycles. The van der Waals surface area contributed by atoms with Crippen LogP contribution in [0.3, 0.4) is 0 Å². The van der Waals surface area contributed by atoms with E-state index in [0.29, 0.717) is 24.4 Å². The number of hydrogen-bond acceptors (Lipinski definition) is 4. The van der Waals surface area contributed by atoms with Crippen molar-refractivity contribution in [1.29, 1.82) is 0 Å². The van der Waals surface area contributed by atoms with Crippen LogP contribution in [0, 0.1) is 18.8 Å². The molecule has 1 N–H and O–H groups in total. The van der Waals surface area contributed by atoms with Gasteiger partial charge in [0.15, 0.2) is 0 Å². The molecule has 6 nitrogen and oxygen atoms in total. The average molecular weight is 383 g/mol. The van der Waals surface area contributed by atoms with Crippen molar-refractivity contribution in [3.63, 3.8) is 0 Å². The monoisotopic (exact) mass is 383 g/mol. The maximum absolute atomic E-state index is 13.0. The molecule has 0 saturated carbocycles. The van der Waals surface area contributed by atoms with Crippen molar-refractivity contribution in [3.05, 3.63) is 47.0 Å². The number of carbonyl (C=O) groups excluding carboxylic acids is 1. The first-order valence-corrected chi connectivity index (χ1v) is 9.84. The number of para-hydroxylation sites is 1. The predicted molar refractivity (Wildman–Crippen MR) is 104 cm³/mol. The molecule has 2 unspecified atom stereocenters. The Balaban J connectivity index is 1.63. The molecule has 2 atom stereocenters. The molecule has 1 amide bonds. The number of fused-ring (bicyclic) bond motifs is 1. The van der Waals surface area contributed by atoms with Crippen LogP contribution in [0.25, 0.3) is 15.9 Å². The zero-order chi connectivity index (χ0) is 19.1. The van der Waals surface area contributed by atoms with E-state index in [1.165, 1.54) is 11.3 Å². The van der Waals surface area contributed by atoms with Gasteiger partial charge in [-0.15, -0.1) is 11.3 Å². The van der Waals surface area contributed by atoms with Crippen LogP contribution in [0.4, 0.5) is 0 Å². The molecule has 3 heterocycles. The van der Waals surface area contributed by atoms with E-state index in [2.05, 4.69) is 5.10 Å². The van der Waals surface area contributed by atoms with Crippen molar-refractivity contribution in [2.75, 3.05) is 13.1 Å². The summed E-state index contributed by atoms with van der Waals surface area (Å²) >= 11 is 1.44. The maximum atomic E-state index is 13.0. The Hall–Kier alpha value is -2.67. The number of carboxylic acids is 1. The summed E-state index contributed by atoms with van der Waals surface area (Å²) in [5.41, 5.74) is 1.86. The summed E-state index contributed by atoms with van der Waals surface area (Å²) in [7, 11) is 0. The summed E-state index contributed by atoms with van der Waals surface area (Å²) in [6.07, 6.45) is 0.504. The molecule has 1 aliphatic rings. The van der Waals surface area contributed by atoms with Crippen molar-refractivity contribution in [1.82, 2.24) is 14.7 Å². The number of aryl methyl sites for hydroxylation is 1. The number of thiophene rings is 1. The topological polar surface area (TPSA) is 75.4 Å². The van der Waals surface area contributed by atoms with Gasteiger partial charge in [0.2, 0.25) is 0 Å². The molecule has 0 aliphatic carbocycles. The molecule has 140 valence electrons. The Morgan fingerprint density at radius 3 is 2.67 bits per heavy atom. The van der Waals surface area contributed by atoms with Gasteiger partial charge in [-0.05, 0) is 37.5 Å². The van der Waals surface area contributed by atoms with Gasteiger partial charge in [0.05, 0.1) is 22.2 Å². The number of carbonyl (C=O) groups is 2. The molecule has 0 radical (unpaired) electrons. The number of aliphatic carboxylic acids is 1. The van der Waals surface area contributed by atoms with Gasteiger partial charge in [0, 0.05) is 18.5 Å². The number of carboxylic acid groups (broad SMARTS) is 1. The van der Waals surface area contributed by atoms with Crippen molar-refractivity contribution >= 4 is 33.4 Å². The van der Waals surface area contributed by atoms with E-state index < -0.39 is 5.97 Å². The van der Waals surface area contributed by atoms with E-state index in [0.717, 1.165) is 21.6 Å². The van der Waals surface area contributed by atoms with Gasteiger partial charge in [0.1, 0.15) is 4.83 Å². The minimum Gasteiger partial charge on any atom is -0.481 e. The Morgan fingerprint density at radius 1 is 1.26 bits per heavy atom. The lowest BCUT2D eigenvalue weighted by atomic mass is 9.87. The Labute approximate surface area is 161 Å². The summed E-state index contributed by atoms with van der Waals surface area (Å²) < 4.78 is 1.88. The minimum atomic E-state index is -0.768. The fourth-order valence-electron chi connectivity index (χ4n) is 3.75. The third kappa shape index (κ3) is 3.12. The third-order valence-corrected chi connectivity index (χ3v) is 6.36. The van der Waals surface area contributed by atoms with Gasteiger partial charge >= 0.3 is 5.97 Å². The highest BCUT2D eigenvalue weighted by Gasteiger charge is 2.34.